The first-order valence-corrected chi connectivity index (χ1v) is 7.19. The minimum atomic E-state index is 0.746. The van der Waals surface area contributed by atoms with Gasteiger partial charge >= 0.3 is 0 Å². The van der Waals surface area contributed by atoms with Gasteiger partial charge in [-0.2, -0.15) is 0 Å². The van der Waals surface area contributed by atoms with E-state index in [9.17, 15) is 0 Å². The maximum Gasteiger partial charge on any atom is 0.121 e. The second-order valence-corrected chi connectivity index (χ2v) is 6.46. The van der Waals surface area contributed by atoms with Crippen molar-refractivity contribution >= 4 is 80.8 Å². The summed E-state index contributed by atoms with van der Waals surface area (Å²) in [6.45, 7) is 1.93. The fourth-order valence-corrected chi connectivity index (χ4v) is 3.27. The standard InChI is InChI=1S/C8H5Br4NS/c1-3(14)2-4-5(9)7(11)13-8(12)6(4)10/h2H2,1H3. The van der Waals surface area contributed by atoms with Crippen LogP contribution in [0.2, 0.25) is 0 Å². The zero-order valence-electron chi connectivity index (χ0n) is 7.07. The van der Waals surface area contributed by atoms with E-state index in [1.807, 2.05) is 6.92 Å². The van der Waals surface area contributed by atoms with Gasteiger partial charge in [0.05, 0.1) is 8.95 Å². The van der Waals surface area contributed by atoms with Crippen LogP contribution in [0.15, 0.2) is 18.2 Å². The molecule has 0 fully saturated rings. The van der Waals surface area contributed by atoms with Crippen molar-refractivity contribution in [2.24, 2.45) is 0 Å². The predicted molar refractivity (Wildman–Crippen MR) is 77.0 cm³/mol. The fraction of sp³-hybridized carbons (Fsp3) is 0.250. The summed E-state index contributed by atoms with van der Waals surface area (Å²) in [6.07, 6.45) is 0.746. The van der Waals surface area contributed by atoms with Gasteiger partial charge in [-0.05, 0) is 81.1 Å². The number of hydrogen-bond donors (Lipinski definition) is 0. The van der Waals surface area contributed by atoms with E-state index in [-0.39, 0.29) is 0 Å². The number of pyridine rings is 1. The number of aromatic nitrogens is 1. The molecule has 0 amide bonds. The van der Waals surface area contributed by atoms with Gasteiger partial charge in [0, 0.05) is 6.42 Å². The molecule has 0 aliphatic carbocycles. The average molecular weight is 467 g/mol. The lowest BCUT2D eigenvalue weighted by Crippen LogP contribution is -1.99. The van der Waals surface area contributed by atoms with Crippen LogP contribution in [0.1, 0.15) is 12.5 Å². The van der Waals surface area contributed by atoms with Crippen molar-refractivity contribution in [2.75, 3.05) is 0 Å². The summed E-state index contributed by atoms with van der Waals surface area (Å²) < 4.78 is 3.44. The van der Waals surface area contributed by atoms with Crippen molar-refractivity contribution in [2.45, 2.75) is 13.3 Å². The molecule has 1 rings (SSSR count). The zero-order valence-corrected chi connectivity index (χ0v) is 14.2. The molecule has 0 unspecified atom stereocenters. The van der Waals surface area contributed by atoms with Gasteiger partial charge in [-0.15, -0.1) is 0 Å². The molecule has 0 atom stereocenters. The highest BCUT2D eigenvalue weighted by molar-refractivity contribution is 9.13. The van der Waals surface area contributed by atoms with Crippen molar-refractivity contribution in [3.63, 3.8) is 0 Å². The van der Waals surface area contributed by atoms with Crippen LogP contribution in [-0.2, 0) is 6.42 Å². The topological polar surface area (TPSA) is 12.9 Å². The minimum Gasteiger partial charge on any atom is -0.232 e. The third-order valence-electron chi connectivity index (χ3n) is 1.51. The Labute approximate surface area is 122 Å². The summed E-state index contributed by atoms with van der Waals surface area (Å²) in [5.41, 5.74) is 1.10. The summed E-state index contributed by atoms with van der Waals surface area (Å²) in [5.74, 6) is 0. The van der Waals surface area contributed by atoms with Crippen LogP contribution in [-0.4, -0.2) is 9.85 Å². The number of nitrogens with zero attached hydrogens (tertiary/aromatic N) is 1. The second kappa shape index (κ2) is 5.48. The Morgan fingerprint density at radius 2 is 1.57 bits per heavy atom. The zero-order chi connectivity index (χ0) is 10.9. The minimum absolute atomic E-state index is 0.746. The summed E-state index contributed by atoms with van der Waals surface area (Å²) >= 11 is 18.8. The van der Waals surface area contributed by atoms with Gasteiger partial charge in [-0.25, -0.2) is 4.98 Å². The molecule has 76 valence electrons. The molecule has 0 spiro atoms. The first-order chi connectivity index (χ1) is 6.43. The van der Waals surface area contributed by atoms with E-state index in [2.05, 4.69) is 68.7 Å². The van der Waals surface area contributed by atoms with Gasteiger partial charge < -0.3 is 0 Å². The van der Waals surface area contributed by atoms with Gasteiger partial charge in [0.15, 0.2) is 0 Å². The van der Waals surface area contributed by atoms with Gasteiger partial charge in [0.1, 0.15) is 9.21 Å². The third-order valence-corrected chi connectivity index (χ3v) is 5.58. The molecule has 1 aromatic heterocycles. The number of rotatable bonds is 2. The van der Waals surface area contributed by atoms with E-state index >= 15 is 0 Å². The molecule has 0 N–H and O–H groups in total. The largest absolute Gasteiger partial charge is 0.232 e. The lowest BCUT2D eigenvalue weighted by Gasteiger charge is -2.09. The Bertz CT molecular complexity index is 365. The summed E-state index contributed by atoms with van der Waals surface area (Å²) in [6, 6.07) is 0. The number of thiocarbonyl (C=S) groups is 1. The van der Waals surface area contributed by atoms with Gasteiger partial charge in [0.25, 0.3) is 0 Å². The first-order valence-electron chi connectivity index (χ1n) is 3.61. The van der Waals surface area contributed by atoms with E-state index in [1.165, 1.54) is 0 Å². The van der Waals surface area contributed by atoms with E-state index < -0.39 is 0 Å². The van der Waals surface area contributed by atoms with Crippen molar-refractivity contribution in [1.82, 2.24) is 4.98 Å². The molecule has 0 aliphatic rings. The summed E-state index contributed by atoms with van der Waals surface area (Å²) in [5, 5.41) is 0. The van der Waals surface area contributed by atoms with E-state index in [0.29, 0.717) is 0 Å². The quantitative estimate of drug-likeness (QED) is 0.446. The smallest absolute Gasteiger partial charge is 0.121 e. The molecular formula is C8H5Br4NS. The Morgan fingerprint density at radius 3 is 1.93 bits per heavy atom. The van der Waals surface area contributed by atoms with Crippen LogP contribution < -0.4 is 0 Å². The monoisotopic (exact) mass is 463 g/mol. The molecule has 0 radical (unpaired) electrons. The molecule has 0 aromatic carbocycles. The molecule has 0 saturated heterocycles. The van der Waals surface area contributed by atoms with Crippen LogP contribution in [0.25, 0.3) is 0 Å². The van der Waals surface area contributed by atoms with E-state index in [1.54, 1.807) is 0 Å². The molecule has 6 heteroatoms. The number of hydrogen-bond acceptors (Lipinski definition) is 2. The molecule has 0 bridgehead atoms. The SMILES string of the molecule is CC(=S)Cc1c(Br)c(Br)nc(Br)c1Br. The summed E-state index contributed by atoms with van der Waals surface area (Å²) in [4.78, 5) is 5.18. The molecular weight excluding hydrogens is 462 g/mol. The van der Waals surface area contributed by atoms with E-state index in [4.69, 9.17) is 12.2 Å². The second-order valence-electron chi connectivity index (χ2n) is 2.68. The molecule has 0 saturated carbocycles. The highest BCUT2D eigenvalue weighted by Gasteiger charge is 2.14. The fourth-order valence-electron chi connectivity index (χ4n) is 0.934. The number of halogens is 4. The van der Waals surface area contributed by atoms with Crippen molar-refractivity contribution in [1.29, 1.82) is 0 Å². The van der Waals surface area contributed by atoms with E-state index in [0.717, 1.165) is 35.0 Å². The Balaban J connectivity index is 3.31. The van der Waals surface area contributed by atoms with Crippen molar-refractivity contribution in [3.8, 4) is 0 Å². The molecule has 1 nitrogen and oxygen atoms in total. The Morgan fingerprint density at radius 1 is 1.14 bits per heavy atom. The van der Waals surface area contributed by atoms with Gasteiger partial charge in [0.2, 0.25) is 0 Å². The highest BCUT2D eigenvalue weighted by atomic mass is 79.9. The first kappa shape index (κ1) is 13.2. The van der Waals surface area contributed by atoms with Gasteiger partial charge in [-0.3, -0.25) is 0 Å². The van der Waals surface area contributed by atoms with Crippen molar-refractivity contribution in [3.05, 3.63) is 23.7 Å². The molecule has 0 aliphatic heterocycles. The molecule has 1 aromatic rings. The van der Waals surface area contributed by atoms with Crippen LogP contribution in [0.4, 0.5) is 0 Å². The van der Waals surface area contributed by atoms with Crippen LogP contribution in [0.3, 0.4) is 0 Å². The normalized spacial score (nSPS) is 10.4. The molecule has 14 heavy (non-hydrogen) atoms. The predicted octanol–water partition coefficient (Wildman–Crippen LogP) is 5.06. The Kier molecular flexibility index (Phi) is 5.17. The lowest BCUT2D eigenvalue weighted by atomic mass is 10.1. The maximum absolute atomic E-state index is 5.09. The third kappa shape index (κ3) is 3.07. The van der Waals surface area contributed by atoms with Gasteiger partial charge in [-0.1, -0.05) is 12.2 Å². The maximum atomic E-state index is 5.09. The van der Waals surface area contributed by atoms with Crippen LogP contribution >= 0.6 is 75.9 Å². The molecule has 1 heterocycles. The Hall–Kier alpha value is 1.16. The lowest BCUT2D eigenvalue weighted by molar-refractivity contribution is 1.13. The summed E-state index contributed by atoms with van der Waals surface area (Å²) in [7, 11) is 0. The average Bonchev–Trinajstić information content (AvgIpc) is 2.09. The van der Waals surface area contributed by atoms with Crippen LogP contribution in [0.5, 0.6) is 0 Å². The van der Waals surface area contributed by atoms with Crippen molar-refractivity contribution < 1.29 is 0 Å². The highest BCUT2D eigenvalue weighted by Crippen LogP contribution is 2.35. The van der Waals surface area contributed by atoms with Crippen LogP contribution in [0, 0.1) is 0 Å².